The minimum atomic E-state index is -1.13. The second-order valence-corrected chi connectivity index (χ2v) is 10.3. The van der Waals surface area contributed by atoms with Crippen molar-refractivity contribution in [3.8, 4) is 5.75 Å². The minimum Gasteiger partial charge on any atom is -0.495 e. The van der Waals surface area contributed by atoms with Crippen LogP contribution in [0.25, 0.3) is 0 Å². The van der Waals surface area contributed by atoms with Gasteiger partial charge in [0, 0.05) is 10.6 Å². The zero-order valence-electron chi connectivity index (χ0n) is 16.9. The number of hydrogen-bond acceptors (Lipinski definition) is 5. The molecule has 0 bridgehead atoms. The van der Waals surface area contributed by atoms with Crippen molar-refractivity contribution < 1.29 is 19.1 Å². The molecule has 6 nitrogen and oxygen atoms in total. The van der Waals surface area contributed by atoms with Crippen LogP contribution < -0.4 is 9.64 Å². The van der Waals surface area contributed by atoms with Crippen LogP contribution in [0.2, 0.25) is 25.1 Å². The van der Waals surface area contributed by atoms with Crippen LogP contribution in [0.1, 0.15) is 31.6 Å². The molecule has 0 spiro atoms. The molecule has 174 valence electrons. The molecular formula is C22H11Cl5N2O4S. The molecule has 0 N–H and O–H groups in total. The lowest BCUT2D eigenvalue weighted by Gasteiger charge is -2.49. The lowest BCUT2D eigenvalue weighted by Crippen LogP contribution is -2.67. The Labute approximate surface area is 222 Å². The van der Waals surface area contributed by atoms with Crippen molar-refractivity contribution in [2.45, 2.75) is 12.1 Å². The fourth-order valence-electron chi connectivity index (χ4n) is 4.18. The summed E-state index contributed by atoms with van der Waals surface area (Å²) in [5, 5.41) is 1.49. The van der Waals surface area contributed by atoms with Gasteiger partial charge in [0.2, 0.25) is 0 Å². The summed E-state index contributed by atoms with van der Waals surface area (Å²) in [5.41, 5.74) is 0.147. The molecule has 1 aromatic heterocycles. The SMILES string of the molecule is COc1ccc(N2C(=O)[C@H](N3C(=O)c4c(Cl)c(Cl)c(Cl)c(Cl)c4C3=O)[C@H]2c2cccs2)cc1Cl. The van der Waals surface area contributed by atoms with E-state index in [1.54, 1.807) is 18.2 Å². The maximum atomic E-state index is 13.5. The summed E-state index contributed by atoms with van der Waals surface area (Å²) >= 11 is 32.4. The molecular weight excluding hydrogens is 566 g/mol. The number of rotatable bonds is 4. The Hall–Kier alpha value is -2.00. The number of amides is 3. The molecule has 2 aliphatic rings. The molecule has 0 unspecified atom stereocenters. The van der Waals surface area contributed by atoms with E-state index in [0.717, 1.165) is 9.78 Å². The zero-order chi connectivity index (χ0) is 24.5. The fourth-order valence-corrected chi connectivity index (χ4v) is 6.29. The Morgan fingerprint density at radius 3 is 1.94 bits per heavy atom. The van der Waals surface area contributed by atoms with Gasteiger partial charge in [-0.25, -0.2) is 0 Å². The van der Waals surface area contributed by atoms with Gasteiger partial charge in [0.05, 0.1) is 43.3 Å². The molecule has 2 atom stereocenters. The number of carbonyl (C=O) groups is 3. The number of imide groups is 1. The normalized spacial score (nSPS) is 19.5. The molecule has 3 amide bonds. The number of anilines is 1. The van der Waals surface area contributed by atoms with Gasteiger partial charge in [0.25, 0.3) is 17.7 Å². The maximum Gasteiger partial charge on any atom is 0.264 e. The number of nitrogens with zero attached hydrogens (tertiary/aromatic N) is 2. The Morgan fingerprint density at radius 1 is 0.824 bits per heavy atom. The van der Waals surface area contributed by atoms with Gasteiger partial charge in [-0.3, -0.25) is 24.2 Å². The first-order valence-electron chi connectivity index (χ1n) is 9.62. The van der Waals surface area contributed by atoms with E-state index >= 15 is 0 Å². The number of carbonyl (C=O) groups excluding carboxylic acids is 3. The Kier molecular flexibility index (Phi) is 5.99. The predicted molar refractivity (Wildman–Crippen MR) is 133 cm³/mol. The number of thiophene rings is 1. The van der Waals surface area contributed by atoms with Gasteiger partial charge in [0.1, 0.15) is 17.8 Å². The number of benzene rings is 2. The first-order chi connectivity index (χ1) is 16.2. The molecule has 0 radical (unpaired) electrons. The highest BCUT2D eigenvalue weighted by atomic mass is 35.5. The molecule has 3 heterocycles. The van der Waals surface area contributed by atoms with Crippen LogP contribution in [-0.4, -0.2) is 35.8 Å². The van der Waals surface area contributed by atoms with Gasteiger partial charge in [-0.05, 0) is 29.6 Å². The fraction of sp³-hybridized carbons (Fsp3) is 0.136. The van der Waals surface area contributed by atoms with E-state index in [0.29, 0.717) is 16.5 Å². The molecule has 1 saturated heterocycles. The molecule has 0 saturated carbocycles. The number of β-lactam (4-membered cyclic amide) rings is 1. The Morgan fingerprint density at radius 2 is 1.44 bits per heavy atom. The van der Waals surface area contributed by atoms with E-state index in [9.17, 15) is 14.4 Å². The summed E-state index contributed by atoms with van der Waals surface area (Å²) in [7, 11) is 1.48. The van der Waals surface area contributed by atoms with Crippen molar-refractivity contribution in [2.75, 3.05) is 12.0 Å². The van der Waals surface area contributed by atoms with Crippen LogP contribution in [0.15, 0.2) is 35.7 Å². The average molecular weight is 577 g/mol. The minimum absolute atomic E-state index is 0.140. The number of halogens is 5. The molecule has 12 heteroatoms. The largest absolute Gasteiger partial charge is 0.495 e. The Balaban J connectivity index is 1.60. The quantitative estimate of drug-likeness (QED) is 0.149. The van der Waals surface area contributed by atoms with Crippen LogP contribution in [-0.2, 0) is 4.79 Å². The monoisotopic (exact) mass is 574 g/mol. The first-order valence-corrected chi connectivity index (χ1v) is 12.4. The topological polar surface area (TPSA) is 66.9 Å². The van der Waals surface area contributed by atoms with Crippen molar-refractivity contribution in [1.29, 1.82) is 0 Å². The predicted octanol–water partition coefficient (Wildman–Crippen LogP) is 6.78. The zero-order valence-corrected chi connectivity index (χ0v) is 21.5. The Bertz CT molecular complexity index is 1350. The van der Waals surface area contributed by atoms with Gasteiger partial charge < -0.3 is 4.74 Å². The molecule has 34 heavy (non-hydrogen) atoms. The smallest absolute Gasteiger partial charge is 0.264 e. The molecule has 2 aromatic carbocycles. The van der Waals surface area contributed by atoms with Crippen LogP contribution >= 0.6 is 69.3 Å². The number of methoxy groups -OCH3 is 1. The summed E-state index contributed by atoms with van der Waals surface area (Å²) in [6, 6.07) is 6.75. The summed E-state index contributed by atoms with van der Waals surface area (Å²) in [4.78, 5) is 43.3. The van der Waals surface area contributed by atoms with Crippen molar-refractivity contribution in [1.82, 2.24) is 4.90 Å². The molecule has 3 aromatic rings. The van der Waals surface area contributed by atoms with Gasteiger partial charge in [-0.2, -0.15) is 0 Å². The first kappa shape index (κ1) is 23.7. The number of ether oxygens (including phenoxy) is 1. The number of hydrogen-bond donors (Lipinski definition) is 0. The van der Waals surface area contributed by atoms with E-state index in [-0.39, 0.29) is 31.2 Å². The number of fused-ring (bicyclic) bond motifs is 1. The molecule has 2 aliphatic heterocycles. The van der Waals surface area contributed by atoms with Crippen LogP contribution in [0.3, 0.4) is 0 Å². The van der Waals surface area contributed by atoms with E-state index < -0.39 is 29.8 Å². The molecule has 0 aliphatic carbocycles. The third-order valence-electron chi connectivity index (χ3n) is 5.73. The van der Waals surface area contributed by atoms with Crippen molar-refractivity contribution in [3.05, 3.63) is 76.8 Å². The average Bonchev–Trinajstić information content (AvgIpc) is 3.42. The summed E-state index contributed by atoms with van der Waals surface area (Å²) in [6.45, 7) is 0. The van der Waals surface area contributed by atoms with E-state index in [2.05, 4.69) is 0 Å². The maximum absolute atomic E-state index is 13.5. The van der Waals surface area contributed by atoms with Crippen molar-refractivity contribution in [3.63, 3.8) is 0 Å². The van der Waals surface area contributed by atoms with E-state index in [4.69, 9.17) is 62.7 Å². The highest BCUT2D eigenvalue weighted by Gasteiger charge is 2.58. The van der Waals surface area contributed by atoms with Gasteiger partial charge in [-0.1, -0.05) is 64.1 Å². The summed E-state index contributed by atoms with van der Waals surface area (Å²) in [5.74, 6) is -1.56. The van der Waals surface area contributed by atoms with Gasteiger partial charge in [0.15, 0.2) is 0 Å². The van der Waals surface area contributed by atoms with Gasteiger partial charge >= 0.3 is 0 Å². The second-order valence-electron chi connectivity index (χ2n) is 7.42. The van der Waals surface area contributed by atoms with Crippen LogP contribution in [0.4, 0.5) is 5.69 Å². The highest BCUT2D eigenvalue weighted by molar-refractivity contribution is 7.10. The lowest BCUT2D eigenvalue weighted by molar-refractivity contribution is -0.130. The standard InChI is InChI=1S/C22H11Cl5N2O4S/c1-33-10-5-4-8(7-9(10)23)28-18(11-3-2-6-34-11)19(22(28)32)29-20(30)12-13(21(29)31)15(25)17(27)16(26)14(12)24/h2-7,18-19H,1H3/t18-,19-/m1/s1. The van der Waals surface area contributed by atoms with Gasteiger partial charge in [-0.15, -0.1) is 11.3 Å². The third kappa shape index (κ3) is 3.26. The second kappa shape index (κ2) is 8.59. The van der Waals surface area contributed by atoms with Crippen LogP contribution in [0, 0.1) is 0 Å². The highest BCUT2D eigenvalue weighted by Crippen LogP contribution is 2.50. The third-order valence-corrected chi connectivity index (χ3v) is 8.77. The summed E-state index contributed by atoms with van der Waals surface area (Å²) < 4.78 is 5.19. The lowest BCUT2D eigenvalue weighted by atomic mass is 9.90. The van der Waals surface area contributed by atoms with Crippen molar-refractivity contribution in [2.24, 2.45) is 0 Å². The van der Waals surface area contributed by atoms with Crippen molar-refractivity contribution >= 4 is 92.8 Å². The van der Waals surface area contributed by atoms with E-state index in [1.807, 2.05) is 17.5 Å². The van der Waals surface area contributed by atoms with E-state index in [1.165, 1.54) is 23.3 Å². The molecule has 1 fully saturated rings. The molecule has 5 rings (SSSR count). The van der Waals surface area contributed by atoms with Crippen LogP contribution in [0.5, 0.6) is 5.75 Å². The summed E-state index contributed by atoms with van der Waals surface area (Å²) in [6.07, 6.45) is 0.